The minimum Gasteiger partial charge on any atom is -0.290 e. The van der Waals surface area contributed by atoms with Gasteiger partial charge in [-0.25, -0.2) is 9.07 Å². The average Bonchev–Trinajstić information content (AvgIpc) is 2.92. The Morgan fingerprint density at radius 1 is 0.920 bits per heavy atom. The Labute approximate surface area is 141 Å². The van der Waals surface area contributed by atoms with Gasteiger partial charge in [0.2, 0.25) is 0 Å². The van der Waals surface area contributed by atoms with Gasteiger partial charge in [0, 0.05) is 11.8 Å². The zero-order valence-electron chi connectivity index (χ0n) is 13.4. The molecule has 0 saturated carbocycles. The fourth-order valence-electron chi connectivity index (χ4n) is 3.07. The number of aromatic amines is 1. The summed E-state index contributed by atoms with van der Waals surface area (Å²) in [6.45, 7) is 1.68. The molecule has 0 aliphatic heterocycles. The van der Waals surface area contributed by atoms with Crippen LogP contribution in [-0.2, 0) is 0 Å². The van der Waals surface area contributed by atoms with Crippen LogP contribution in [0, 0.1) is 12.7 Å². The first kappa shape index (κ1) is 15.1. The van der Waals surface area contributed by atoms with Crippen molar-refractivity contribution in [3.63, 3.8) is 0 Å². The maximum absolute atomic E-state index is 13.5. The highest BCUT2D eigenvalue weighted by molar-refractivity contribution is 5.81. The van der Waals surface area contributed by atoms with Crippen molar-refractivity contribution in [2.75, 3.05) is 0 Å². The van der Waals surface area contributed by atoms with Crippen molar-refractivity contribution in [2.45, 2.75) is 6.92 Å². The molecule has 0 amide bonds. The second-order valence-electron chi connectivity index (χ2n) is 5.76. The molecule has 2 heterocycles. The first-order valence-electron chi connectivity index (χ1n) is 7.75. The van der Waals surface area contributed by atoms with Crippen LogP contribution in [0.15, 0.2) is 70.3 Å². The largest absolute Gasteiger partial charge is 0.290 e. The Bertz CT molecular complexity index is 1200. The zero-order chi connectivity index (χ0) is 17.6. The minimum atomic E-state index is -0.445. The molecule has 0 aliphatic carbocycles. The molecular formula is C19H14FN3O2. The molecule has 124 valence electrons. The second kappa shape index (κ2) is 5.59. The van der Waals surface area contributed by atoms with Gasteiger partial charge in [-0.05, 0) is 37.3 Å². The third kappa shape index (κ3) is 2.39. The molecule has 0 atom stereocenters. The van der Waals surface area contributed by atoms with Gasteiger partial charge in [0.1, 0.15) is 5.82 Å². The Kier molecular flexibility index (Phi) is 3.39. The highest BCUT2D eigenvalue weighted by Gasteiger charge is 2.16. The van der Waals surface area contributed by atoms with Gasteiger partial charge in [0.05, 0.1) is 22.3 Å². The van der Waals surface area contributed by atoms with Gasteiger partial charge in [-0.3, -0.25) is 19.3 Å². The lowest BCUT2D eigenvalue weighted by Gasteiger charge is -2.10. The van der Waals surface area contributed by atoms with E-state index in [4.69, 9.17) is 0 Å². The molecule has 4 aromatic rings. The Morgan fingerprint density at radius 3 is 2.36 bits per heavy atom. The number of nitrogens with zero attached hydrogens (tertiary/aromatic N) is 2. The zero-order valence-corrected chi connectivity index (χ0v) is 13.4. The molecule has 4 rings (SSSR count). The molecule has 0 bridgehead atoms. The molecule has 0 unspecified atom stereocenters. The van der Waals surface area contributed by atoms with Crippen LogP contribution >= 0.6 is 0 Å². The van der Waals surface area contributed by atoms with Crippen molar-refractivity contribution in [3.8, 4) is 11.4 Å². The van der Waals surface area contributed by atoms with E-state index in [0.717, 1.165) is 0 Å². The predicted octanol–water partition coefficient (Wildman–Crippen LogP) is 2.92. The average molecular weight is 335 g/mol. The molecule has 0 saturated heterocycles. The van der Waals surface area contributed by atoms with Gasteiger partial charge in [-0.1, -0.05) is 24.3 Å². The molecule has 2 aromatic carbocycles. The van der Waals surface area contributed by atoms with Crippen molar-refractivity contribution < 1.29 is 4.39 Å². The lowest BCUT2D eigenvalue weighted by Crippen LogP contribution is -2.21. The van der Waals surface area contributed by atoms with Crippen molar-refractivity contribution in [1.82, 2.24) is 14.3 Å². The summed E-state index contributed by atoms with van der Waals surface area (Å²) in [6.07, 6.45) is 0. The number of pyridine rings is 1. The molecular weight excluding hydrogens is 321 g/mol. The molecule has 1 N–H and O–H groups in total. The van der Waals surface area contributed by atoms with Crippen LogP contribution in [0.2, 0.25) is 0 Å². The fourth-order valence-corrected chi connectivity index (χ4v) is 3.07. The highest BCUT2D eigenvalue weighted by Crippen LogP contribution is 2.17. The van der Waals surface area contributed by atoms with Crippen LogP contribution in [0.3, 0.4) is 0 Å². The number of halogens is 1. The molecule has 0 fully saturated rings. The van der Waals surface area contributed by atoms with E-state index < -0.39 is 5.82 Å². The molecule has 2 aromatic heterocycles. The Morgan fingerprint density at radius 2 is 1.64 bits per heavy atom. The summed E-state index contributed by atoms with van der Waals surface area (Å²) in [5.41, 5.74) is 1.37. The summed E-state index contributed by atoms with van der Waals surface area (Å²) in [5.74, 6) is -0.445. The molecule has 6 heteroatoms. The highest BCUT2D eigenvalue weighted by atomic mass is 19.1. The van der Waals surface area contributed by atoms with Gasteiger partial charge in [-0.15, -0.1) is 0 Å². The number of benzene rings is 2. The quantitative estimate of drug-likeness (QED) is 0.612. The summed E-state index contributed by atoms with van der Waals surface area (Å²) in [7, 11) is 0. The minimum absolute atomic E-state index is 0.260. The molecule has 0 spiro atoms. The topological polar surface area (TPSA) is 59.8 Å². The normalized spacial score (nSPS) is 11.1. The summed E-state index contributed by atoms with van der Waals surface area (Å²) in [4.78, 5) is 25.4. The van der Waals surface area contributed by atoms with E-state index >= 15 is 0 Å². The van der Waals surface area contributed by atoms with E-state index in [0.29, 0.717) is 28.0 Å². The molecule has 0 aliphatic rings. The lowest BCUT2D eigenvalue weighted by molar-refractivity contribution is 0.626. The van der Waals surface area contributed by atoms with E-state index in [1.165, 1.54) is 33.5 Å². The summed E-state index contributed by atoms with van der Waals surface area (Å²) >= 11 is 0. The Hall–Kier alpha value is -3.41. The number of aromatic nitrogens is 3. The Balaban J connectivity index is 2.05. The van der Waals surface area contributed by atoms with Crippen LogP contribution in [0.1, 0.15) is 5.69 Å². The third-order valence-electron chi connectivity index (χ3n) is 4.18. The van der Waals surface area contributed by atoms with Crippen LogP contribution in [0.5, 0.6) is 0 Å². The van der Waals surface area contributed by atoms with E-state index in [1.54, 1.807) is 25.1 Å². The van der Waals surface area contributed by atoms with Crippen molar-refractivity contribution in [2.24, 2.45) is 0 Å². The van der Waals surface area contributed by atoms with Gasteiger partial charge in [0.25, 0.3) is 11.1 Å². The van der Waals surface area contributed by atoms with Crippen molar-refractivity contribution in [3.05, 3.63) is 92.9 Å². The van der Waals surface area contributed by atoms with Crippen LogP contribution in [0.25, 0.3) is 22.3 Å². The smallest absolute Gasteiger partial charge is 0.280 e. The van der Waals surface area contributed by atoms with Crippen molar-refractivity contribution in [1.29, 1.82) is 0 Å². The third-order valence-corrected chi connectivity index (χ3v) is 4.18. The van der Waals surface area contributed by atoms with E-state index in [1.807, 2.05) is 18.2 Å². The first-order valence-corrected chi connectivity index (χ1v) is 7.75. The molecule has 0 radical (unpaired) electrons. The van der Waals surface area contributed by atoms with E-state index in [2.05, 4.69) is 5.10 Å². The number of hydrogen-bond donors (Lipinski definition) is 1. The second-order valence-corrected chi connectivity index (χ2v) is 5.76. The SMILES string of the molecule is Cc1c2c(=O)n(-c3ccccc3)[nH]c2cc(=O)n1-c1cccc(F)c1. The number of aryl methyl sites for hydroxylation is 1. The van der Waals surface area contributed by atoms with Crippen LogP contribution < -0.4 is 11.1 Å². The fraction of sp³-hybridized carbons (Fsp3) is 0.0526. The number of hydrogen-bond acceptors (Lipinski definition) is 2. The summed E-state index contributed by atoms with van der Waals surface area (Å²) in [6, 6.07) is 16.2. The number of fused-ring (bicyclic) bond motifs is 1. The maximum Gasteiger partial charge on any atom is 0.280 e. The first-order chi connectivity index (χ1) is 12.1. The predicted molar refractivity (Wildman–Crippen MR) is 94.2 cm³/mol. The number of nitrogens with one attached hydrogen (secondary N) is 1. The van der Waals surface area contributed by atoms with Crippen molar-refractivity contribution >= 4 is 10.9 Å². The number of H-pyrrole nitrogens is 1. The summed E-state index contributed by atoms with van der Waals surface area (Å²) in [5, 5.41) is 3.36. The van der Waals surface area contributed by atoms with Crippen LogP contribution in [-0.4, -0.2) is 14.3 Å². The summed E-state index contributed by atoms with van der Waals surface area (Å²) < 4.78 is 16.3. The molecule has 5 nitrogen and oxygen atoms in total. The van der Waals surface area contributed by atoms with Gasteiger partial charge >= 0.3 is 0 Å². The number of rotatable bonds is 2. The van der Waals surface area contributed by atoms with E-state index in [-0.39, 0.29) is 11.1 Å². The standard InChI is InChI=1S/C19H14FN3O2/c1-12-18-16(21-23(19(18)25)14-7-3-2-4-8-14)11-17(24)22(12)15-9-5-6-13(20)10-15/h2-11,21H,1H3. The maximum atomic E-state index is 13.5. The lowest BCUT2D eigenvalue weighted by atomic mass is 10.2. The van der Waals surface area contributed by atoms with Gasteiger partial charge in [-0.2, -0.15) is 0 Å². The van der Waals surface area contributed by atoms with Crippen LogP contribution in [0.4, 0.5) is 4.39 Å². The van der Waals surface area contributed by atoms with E-state index in [9.17, 15) is 14.0 Å². The monoisotopic (exact) mass is 335 g/mol. The number of para-hydroxylation sites is 1. The van der Waals surface area contributed by atoms with Gasteiger partial charge in [0.15, 0.2) is 0 Å². The molecule has 25 heavy (non-hydrogen) atoms. The van der Waals surface area contributed by atoms with Gasteiger partial charge < -0.3 is 0 Å².